The molecule has 2 rings (SSSR count). The molecule has 1 aliphatic carbocycles. The first kappa shape index (κ1) is 19.7. The van der Waals surface area contributed by atoms with Crippen LogP contribution in [-0.2, 0) is 0 Å². The van der Waals surface area contributed by atoms with Crippen LogP contribution >= 0.6 is 12.2 Å². The van der Waals surface area contributed by atoms with Gasteiger partial charge in [-0.15, -0.1) is 0 Å². The van der Waals surface area contributed by atoms with E-state index in [1.54, 1.807) is 7.11 Å². The van der Waals surface area contributed by atoms with Gasteiger partial charge in [-0.05, 0) is 50.0 Å². The Bertz CT molecular complexity index is 546. The van der Waals surface area contributed by atoms with Gasteiger partial charge < -0.3 is 10.1 Å². The van der Waals surface area contributed by atoms with Crippen LogP contribution in [0, 0.1) is 0 Å². The lowest BCUT2D eigenvalue weighted by Gasteiger charge is -2.12. The molecule has 5 heteroatoms. The molecule has 1 aromatic rings. The highest BCUT2D eigenvalue weighted by Crippen LogP contribution is 2.17. The Morgan fingerprint density at radius 3 is 2.16 bits per heavy atom. The maximum Gasteiger partial charge on any atom is 0.191 e. The summed E-state index contributed by atoms with van der Waals surface area (Å²) in [6, 6.07) is 7.71. The third kappa shape index (κ3) is 8.34. The van der Waals surface area contributed by atoms with Gasteiger partial charge in [-0.1, -0.05) is 51.0 Å². The largest absolute Gasteiger partial charge is 0.497 e. The molecule has 0 aliphatic heterocycles. The summed E-state index contributed by atoms with van der Waals surface area (Å²) in [4.78, 5) is 0. The number of hydrogen-bond donors (Lipinski definition) is 2. The number of rotatable bonds is 3. The van der Waals surface area contributed by atoms with E-state index in [1.165, 1.54) is 63.5 Å². The Morgan fingerprint density at radius 1 is 0.960 bits per heavy atom. The highest BCUT2D eigenvalue weighted by Gasteiger charge is 2.04. The number of hydrazone groups is 1. The number of hydrogen-bond acceptors (Lipinski definition) is 3. The van der Waals surface area contributed by atoms with Gasteiger partial charge in [0.25, 0.3) is 0 Å². The van der Waals surface area contributed by atoms with Crippen molar-refractivity contribution >= 4 is 28.7 Å². The van der Waals surface area contributed by atoms with Gasteiger partial charge in [0.2, 0.25) is 0 Å². The summed E-state index contributed by atoms with van der Waals surface area (Å²) in [5.41, 5.74) is 5.16. The molecule has 25 heavy (non-hydrogen) atoms. The number of methoxy groups -OCH3 is 1. The second-order valence-corrected chi connectivity index (χ2v) is 7.07. The summed E-state index contributed by atoms with van der Waals surface area (Å²) < 4.78 is 5.23. The quantitative estimate of drug-likeness (QED) is 0.540. The lowest BCUT2D eigenvalue weighted by molar-refractivity contribution is 0.415. The highest BCUT2D eigenvalue weighted by atomic mass is 32.1. The Kier molecular flexibility index (Phi) is 9.34. The molecule has 0 radical (unpaired) electrons. The summed E-state index contributed by atoms with van der Waals surface area (Å²) in [5, 5.41) is 8.26. The summed E-state index contributed by atoms with van der Waals surface area (Å²) in [7, 11) is 1.66. The molecule has 0 amide bonds. The molecule has 0 unspecified atom stereocenters. The Hall–Kier alpha value is -1.62. The van der Waals surface area contributed by atoms with Gasteiger partial charge in [-0.2, -0.15) is 5.10 Å². The number of anilines is 1. The van der Waals surface area contributed by atoms with E-state index in [-0.39, 0.29) is 0 Å². The standard InChI is InChI=1S/C20H31N3OS/c1-24-19-15-11-14-18(16-19)21-20(25)23-22-17-12-9-7-5-3-2-4-6-8-10-13-17/h11,14-16H,2-10,12-13H2,1H3,(H2,21,23,25). The monoisotopic (exact) mass is 361 g/mol. The molecular weight excluding hydrogens is 330 g/mol. The molecule has 1 aliphatic rings. The van der Waals surface area contributed by atoms with Gasteiger partial charge in [0.15, 0.2) is 5.11 Å². The van der Waals surface area contributed by atoms with Crippen molar-refractivity contribution in [2.45, 2.75) is 70.6 Å². The lowest BCUT2D eigenvalue weighted by atomic mass is 10.00. The fourth-order valence-corrected chi connectivity index (χ4v) is 3.29. The highest BCUT2D eigenvalue weighted by molar-refractivity contribution is 7.80. The first-order valence-corrected chi connectivity index (χ1v) is 9.95. The zero-order chi connectivity index (χ0) is 17.7. The van der Waals surface area contributed by atoms with Crippen molar-refractivity contribution in [2.75, 3.05) is 12.4 Å². The third-order valence-corrected chi connectivity index (χ3v) is 4.77. The van der Waals surface area contributed by atoms with Crippen molar-refractivity contribution in [1.82, 2.24) is 5.43 Å². The number of nitrogens with one attached hydrogen (secondary N) is 2. The summed E-state index contributed by atoms with van der Waals surface area (Å²) in [6.45, 7) is 0. The van der Waals surface area contributed by atoms with E-state index in [1.807, 2.05) is 24.3 Å². The minimum atomic E-state index is 0.520. The van der Waals surface area contributed by atoms with Crippen LogP contribution in [0.2, 0.25) is 0 Å². The van der Waals surface area contributed by atoms with Gasteiger partial charge in [0.05, 0.1) is 7.11 Å². The predicted molar refractivity (Wildman–Crippen MR) is 111 cm³/mol. The number of nitrogens with zero attached hydrogens (tertiary/aromatic N) is 1. The summed E-state index contributed by atoms with van der Waals surface area (Å²) >= 11 is 5.36. The van der Waals surface area contributed by atoms with E-state index in [0.717, 1.165) is 24.3 Å². The average Bonchev–Trinajstić information content (AvgIpc) is 2.61. The molecule has 1 fully saturated rings. The predicted octanol–water partition coefficient (Wildman–Crippen LogP) is 5.64. The van der Waals surface area contributed by atoms with Crippen LogP contribution in [0.1, 0.15) is 70.6 Å². The topological polar surface area (TPSA) is 45.6 Å². The molecule has 0 saturated heterocycles. The van der Waals surface area contributed by atoms with E-state index < -0.39 is 0 Å². The van der Waals surface area contributed by atoms with Crippen molar-refractivity contribution in [1.29, 1.82) is 0 Å². The molecule has 0 spiro atoms. The third-order valence-electron chi connectivity index (χ3n) is 4.57. The Balaban J connectivity index is 1.84. The first-order chi connectivity index (χ1) is 12.3. The van der Waals surface area contributed by atoms with Crippen molar-refractivity contribution in [2.24, 2.45) is 5.10 Å². The minimum Gasteiger partial charge on any atom is -0.497 e. The molecule has 1 aromatic carbocycles. The molecule has 0 bridgehead atoms. The van der Waals surface area contributed by atoms with Gasteiger partial charge in [-0.3, -0.25) is 5.43 Å². The molecule has 1 saturated carbocycles. The maximum atomic E-state index is 5.36. The lowest BCUT2D eigenvalue weighted by Crippen LogP contribution is -2.25. The van der Waals surface area contributed by atoms with E-state index in [4.69, 9.17) is 17.0 Å². The number of benzene rings is 1. The molecule has 138 valence electrons. The fourth-order valence-electron chi connectivity index (χ4n) is 3.12. The Morgan fingerprint density at radius 2 is 1.56 bits per heavy atom. The SMILES string of the molecule is COc1cccc(NC(=S)NN=C2CCCCCCCCCCC2)c1. The molecule has 0 heterocycles. The zero-order valence-corrected chi connectivity index (χ0v) is 16.2. The molecule has 4 nitrogen and oxygen atoms in total. The molecular formula is C20H31N3OS. The smallest absolute Gasteiger partial charge is 0.191 e. The first-order valence-electron chi connectivity index (χ1n) is 9.54. The van der Waals surface area contributed by atoms with Crippen LogP contribution in [0.4, 0.5) is 5.69 Å². The van der Waals surface area contributed by atoms with E-state index in [0.29, 0.717) is 5.11 Å². The normalized spacial score (nSPS) is 16.9. The average molecular weight is 362 g/mol. The van der Waals surface area contributed by atoms with E-state index in [9.17, 15) is 0 Å². The Labute approximate surface area is 157 Å². The molecule has 0 aromatic heterocycles. The zero-order valence-electron chi connectivity index (χ0n) is 15.4. The van der Waals surface area contributed by atoms with Crippen LogP contribution in [0.3, 0.4) is 0 Å². The van der Waals surface area contributed by atoms with Gasteiger partial charge in [0.1, 0.15) is 5.75 Å². The molecule has 0 atom stereocenters. The summed E-state index contributed by atoms with van der Waals surface area (Å²) in [6.07, 6.45) is 14.1. The second-order valence-electron chi connectivity index (χ2n) is 6.66. The number of ether oxygens (including phenoxy) is 1. The van der Waals surface area contributed by atoms with Crippen molar-refractivity contribution in [3.05, 3.63) is 24.3 Å². The summed E-state index contributed by atoms with van der Waals surface area (Å²) in [5.74, 6) is 0.804. The van der Waals surface area contributed by atoms with Crippen molar-refractivity contribution < 1.29 is 4.74 Å². The fraction of sp³-hybridized carbons (Fsp3) is 0.600. The van der Waals surface area contributed by atoms with Crippen LogP contribution in [0.15, 0.2) is 29.4 Å². The van der Waals surface area contributed by atoms with Crippen LogP contribution in [-0.4, -0.2) is 17.9 Å². The minimum absolute atomic E-state index is 0.520. The van der Waals surface area contributed by atoms with Crippen molar-refractivity contribution in [3.63, 3.8) is 0 Å². The van der Waals surface area contributed by atoms with E-state index in [2.05, 4.69) is 15.8 Å². The van der Waals surface area contributed by atoms with Crippen LogP contribution in [0.5, 0.6) is 5.75 Å². The second kappa shape index (κ2) is 11.9. The van der Waals surface area contributed by atoms with Gasteiger partial charge >= 0.3 is 0 Å². The molecule has 2 N–H and O–H groups in total. The van der Waals surface area contributed by atoms with E-state index >= 15 is 0 Å². The van der Waals surface area contributed by atoms with Crippen molar-refractivity contribution in [3.8, 4) is 5.75 Å². The maximum absolute atomic E-state index is 5.36. The number of thiocarbonyl (C=S) groups is 1. The van der Waals surface area contributed by atoms with Crippen LogP contribution < -0.4 is 15.5 Å². The van der Waals surface area contributed by atoms with Gasteiger partial charge in [-0.25, -0.2) is 0 Å². The van der Waals surface area contributed by atoms with Crippen LogP contribution in [0.25, 0.3) is 0 Å². The van der Waals surface area contributed by atoms with Gasteiger partial charge in [0, 0.05) is 17.5 Å².